The molecule has 3 amide bonds. The molecule has 3 N–H and O–H groups in total. The van der Waals surface area contributed by atoms with E-state index in [4.69, 9.17) is 4.52 Å². The van der Waals surface area contributed by atoms with Crippen LogP contribution in [0.25, 0.3) is 0 Å². The molecular formula is C30H36N4O5S. The Hall–Kier alpha value is -3.63. The van der Waals surface area contributed by atoms with Crippen molar-refractivity contribution in [3.05, 3.63) is 88.3 Å². The summed E-state index contributed by atoms with van der Waals surface area (Å²) in [7, 11) is 0. The van der Waals surface area contributed by atoms with Crippen LogP contribution in [0.15, 0.2) is 59.1 Å². The molecule has 2 aromatic carbocycles. The van der Waals surface area contributed by atoms with Crippen LogP contribution in [0.3, 0.4) is 0 Å². The highest BCUT2D eigenvalue weighted by molar-refractivity contribution is 8.00. The Bertz CT molecular complexity index is 1350. The third-order valence-corrected chi connectivity index (χ3v) is 8.68. The number of aromatic nitrogens is 1. The van der Waals surface area contributed by atoms with E-state index in [-0.39, 0.29) is 23.8 Å². The molecule has 1 saturated heterocycles. The number of benzene rings is 2. The fraction of sp³-hybridized carbons (Fsp3) is 0.400. The van der Waals surface area contributed by atoms with Gasteiger partial charge in [-0.25, -0.2) is 0 Å². The summed E-state index contributed by atoms with van der Waals surface area (Å²) in [5, 5.41) is 21.1. The van der Waals surface area contributed by atoms with Gasteiger partial charge in [0, 0.05) is 11.3 Å². The van der Waals surface area contributed by atoms with Crippen molar-refractivity contribution in [2.24, 2.45) is 0 Å². The highest BCUT2D eigenvalue weighted by Gasteiger charge is 2.49. The number of aliphatic hydroxyl groups is 1. The normalized spacial score (nSPS) is 17.8. The third-order valence-electron chi connectivity index (χ3n) is 7.30. The van der Waals surface area contributed by atoms with Crippen molar-refractivity contribution in [2.75, 3.05) is 5.88 Å². The number of hydrogen-bond donors (Lipinski definition) is 3. The molecule has 2 heterocycles. The average Bonchev–Trinajstić information content (AvgIpc) is 3.44. The Kier molecular flexibility index (Phi) is 9.00. The van der Waals surface area contributed by atoms with E-state index in [2.05, 4.69) is 15.8 Å². The molecule has 3 atom stereocenters. The first-order chi connectivity index (χ1) is 19.0. The monoisotopic (exact) mass is 564 g/mol. The maximum absolute atomic E-state index is 13.8. The number of carbonyl (C=O) groups excluding carboxylic acids is 3. The van der Waals surface area contributed by atoms with Crippen LogP contribution in [-0.4, -0.2) is 61.7 Å². The van der Waals surface area contributed by atoms with Crippen molar-refractivity contribution >= 4 is 29.5 Å². The Labute approximate surface area is 238 Å². The van der Waals surface area contributed by atoms with Crippen molar-refractivity contribution in [3.63, 3.8) is 0 Å². The van der Waals surface area contributed by atoms with E-state index in [9.17, 15) is 19.5 Å². The van der Waals surface area contributed by atoms with Gasteiger partial charge in [-0.05, 0) is 57.7 Å². The number of thioether (sulfide) groups is 1. The van der Waals surface area contributed by atoms with Gasteiger partial charge in [-0.1, -0.05) is 59.8 Å². The SMILES string of the molecule is Cc1ccccc1CNC(=O)C1N(C(=O)[C@@H](O)[C@H](Cc2ccccc2)NC(=O)c2c(C)noc2C)CSC1(C)C. The maximum Gasteiger partial charge on any atom is 0.257 e. The van der Waals surface area contributed by atoms with Crippen LogP contribution in [0.5, 0.6) is 0 Å². The number of aryl methyl sites for hydroxylation is 3. The average molecular weight is 565 g/mol. The molecule has 1 fully saturated rings. The molecular weight excluding hydrogens is 528 g/mol. The van der Waals surface area contributed by atoms with Crippen LogP contribution in [0.4, 0.5) is 0 Å². The van der Waals surface area contributed by atoms with Gasteiger partial charge in [0.1, 0.15) is 17.4 Å². The molecule has 1 aliphatic heterocycles. The predicted octanol–water partition coefficient (Wildman–Crippen LogP) is 3.30. The van der Waals surface area contributed by atoms with E-state index in [0.29, 0.717) is 18.0 Å². The van der Waals surface area contributed by atoms with Crippen LogP contribution in [-0.2, 0) is 22.6 Å². The minimum atomic E-state index is -1.59. The molecule has 1 aliphatic rings. The molecule has 40 heavy (non-hydrogen) atoms. The van der Waals surface area contributed by atoms with Crippen molar-refractivity contribution < 1.29 is 24.0 Å². The summed E-state index contributed by atoms with van der Waals surface area (Å²) in [6, 6.07) is 15.3. The number of hydrogen-bond acceptors (Lipinski definition) is 7. The zero-order chi connectivity index (χ0) is 29.0. The molecule has 4 rings (SSSR count). The van der Waals surface area contributed by atoms with Crippen LogP contribution >= 0.6 is 11.8 Å². The predicted molar refractivity (Wildman–Crippen MR) is 154 cm³/mol. The minimum absolute atomic E-state index is 0.206. The van der Waals surface area contributed by atoms with Crippen LogP contribution in [0.1, 0.15) is 52.3 Å². The zero-order valence-corrected chi connectivity index (χ0v) is 24.2. The molecule has 1 aromatic heterocycles. The Morgan fingerprint density at radius 2 is 1.77 bits per heavy atom. The lowest BCUT2D eigenvalue weighted by Gasteiger charge is -2.33. The summed E-state index contributed by atoms with van der Waals surface area (Å²) < 4.78 is 4.55. The number of rotatable bonds is 9. The van der Waals surface area contributed by atoms with Crippen molar-refractivity contribution in [2.45, 2.75) is 70.5 Å². The standard InChI is InChI=1S/C30H36N4O5S/c1-18-11-9-10-14-22(18)16-31-28(37)26-30(4,5)40-17-34(26)29(38)25(35)23(15-21-12-7-6-8-13-21)32-27(36)24-19(2)33-39-20(24)3/h6-14,23,25-26,35H,15-17H2,1-5H3,(H,31,37)(H,32,36)/t23-,25-,26?/m0/s1. The number of nitrogens with one attached hydrogen (secondary N) is 2. The summed E-state index contributed by atoms with van der Waals surface area (Å²) in [6.07, 6.45) is -1.39. The van der Waals surface area contributed by atoms with Gasteiger partial charge >= 0.3 is 0 Å². The number of nitrogens with zero attached hydrogens (tertiary/aromatic N) is 2. The molecule has 9 nitrogen and oxygen atoms in total. The first-order valence-electron chi connectivity index (χ1n) is 13.2. The molecule has 0 radical (unpaired) electrons. The fourth-order valence-corrected chi connectivity index (χ4v) is 6.14. The lowest BCUT2D eigenvalue weighted by Crippen LogP contribution is -2.58. The largest absolute Gasteiger partial charge is 0.381 e. The van der Waals surface area contributed by atoms with E-state index in [1.807, 2.05) is 75.4 Å². The summed E-state index contributed by atoms with van der Waals surface area (Å²) >= 11 is 1.47. The second-order valence-electron chi connectivity index (χ2n) is 10.6. The lowest BCUT2D eigenvalue weighted by molar-refractivity contribution is -0.147. The topological polar surface area (TPSA) is 125 Å². The fourth-order valence-electron chi connectivity index (χ4n) is 5.00. The second-order valence-corrected chi connectivity index (χ2v) is 12.2. The van der Waals surface area contributed by atoms with Crippen LogP contribution in [0.2, 0.25) is 0 Å². The molecule has 10 heteroatoms. The quantitative estimate of drug-likeness (QED) is 0.364. The summed E-state index contributed by atoms with van der Waals surface area (Å²) in [5.74, 6) is -0.821. The van der Waals surface area contributed by atoms with Gasteiger partial charge in [0.15, 0.2) is 6.10 Å². The Morgan fingerprint density at radius 3 is 2.42 bits per heavy atom. The summed E-state index contributed by atoms with van der Waals surface area (Å²) in [4.78, 5) is 41.9. The number of amides is 3. The van der Waals surface area contributed by atoms with Crippen LogP contribution in [0, 0.1) is 20.8 Å². The maximum atomic E-state index is 13.8. The van der Waals surface area contributed by atoms with E-state index >= 15 is 0 Å². The summed E-state index contributed by atoms with van der Waals surface area (Å²) in [5.41, 5.74) is 3.56. The van der Waals surface area contributed by atoms with Gasteiger partial charge in [0.25, 0.3) is 11.8 Å². The van der Waals surface area contributed by atoms with E-state index in [1.165, 1.54) is 16.7 Å². The molecule has 0 bridgehead atoms. The number of carbonyl (C=O) groups is 3. The van der Waals surface area contributed by atoms with Gasteiger partial charge < -0.3 is 25.2 Å². The molecule has 212 valence electrons. The highest BCUT2D eigenvalue weighted by atomic mass is 32.2. The van der Waals surface area contributed by atoms with Crippen LogP contribution < -0.4 is 10.6 Å². The van der Waals surface area contributed by atoms with E-state index < -0.39 is 34.7 Å². The molecule has 0 saturated carbocycles. The number of aliphatic hydroxyl groups excluding tert-OH is 1. The smallest absolute Gasteiger partial charge is 0.257 e. The van der Waals surface area contributed by atoms with Gasteiger partial charge in [0.2, 0.25) is 5.91 Å². The van der Waals surface area contributed by atoms with E-state index in [0.717, 1.165) is 16.7 Å². The van der Waals surface area contributed by atoms with E-state index in [1.54, 1.807) is 13.8 Å². The highest BCUT2D eigenvalue weighted by Crippen LogP contribution is 2.40. The molecule has 0 aliphatic carbocycles. The first-order valence-corrected chi connectivity index (χ1v) is 14.2. The molecule has 3 aromatic rings. The van der Waals surface area contributed by atoms with Gasteiger partial charge in [-0.3, -0.25) is 14.4 Å². The van der Waals surface area contributed by atoms with Gasteiger partial charge in [0.05, 0.1) is 17.6 Å². The van der Waals surface area contributed by atoms with Gasteiger partial charge in [-0.15, -0.1) is 11.8 Å². The second kappa shape index (κ2) is 12.3. The van der Waals surface area contributed by atoms with Crippen molar-refractivity contribution in [1.82, 2.24) is 20.7 Å². The zero-order valence-electron chi connectivity index (χ0n) is 23.4. The molecule has 0 spiro atoms. The summed E-state index contributed by atoms with van der Waals surface area (Å²) in [6.45, 7) is 9.42. The lowest BCUT2D eigenvalue weighted by atomic mass is 9.96. The van der Waals surface area contributed by atoms with Gasteiger partial charge in [-0.2, -0.15) is 0 Å². The Morgan fingerprint density at radius 1 is 1.10 bits per heavy atom. The van der Waals surface area contributed by atoms with Crippen molar-refractivity contribution in [1.29, 1.82) is 0 Å². The third kappa shape index (κ3) is 6.39. The molecule has 1 unspecified atom stereocenters. The Balaban J connectivity index is 1.55. The minimum Gasteiger partial charge on any atom is -0.381 e. The first kappa shape index (κ1) is 29.4. The van der Waals surface area contributed by atoms with Crippen molar-refractivity contribution in [3.8, 4) is 0 Å².